The monoisotopic (exact) mass is 253 g/mol. The van der Waals surface area contributed by atoms with E-state index < -0.39 is 0 Å². The van der Waals surface area contributed by atoms with Crippen molar-refractivity contribution in [1.29, 1.82) is 0 Å². The van der Waals surface area contributed by atoms with Gasteiger partial charge in [-0.2, -0.15) is 0 Å². The van der Waals surface area contributed by atoms with E-state index in [1.54, 1.807) is 0 Å². The van der Waals surface area contributed by atoms with Crippen molar-refractivity contribution in [1.82, 2.24) is 0 Å². The Bertz CT molecular complexity index is 604. The molecule has 1 aliphatic rings. The van der Waals surface area contributed by atoms with Crippen LogP contribution in [0.2, 0.25) is 0 Å². The first kappa shape index (κ1) is 12.2. The van der Waals surface area contributed by atoms with Gasteiger partial charge in [-0.3, -0.25) is 0 Å². The lowest BCUT2D eigenvalue weighted by Gasteiger charge is -2.10. The fourth-order valence-corrected chi connectivity index (χ4v) is 2.68. The van der Waals surface area contributed by atoms with Crippen LogP contribution in [0.5, 0.6) is 5.75 Å². The minimum absolute atomic E-state index is 0.531. The van der Waals surface area contributed by atoms with Gasteiger partial charge in [-0.15, -0.1) is 0 Å². The fraction of sp³-hybridized carbons (Fsp3) is 0.294. The Morgan fingerprint density at radius 3 is 2.84 bits per heavy atom. The Labute approximate surface area is 114 Å². The molecule has 0 atom stereocenters. The predicted molar refractivity (Wildman–Crippen MR) is 78.3 cm³/mol. The second-order valence-electron chi connectivity index (χ2n) is 4.98. The third-order valence-corrected chi connectivity index (χ3v) is 3.75. The minimum atomic E-state index is 0.531. The first-order valence-corrected chi connectivity index (χ1v) is 6.89. The third-order valence-electron chi connectivity index (χ3n) is 3.75. The predicted octanol–water partition coefficient (Wildman–Crippen LogP) is 3.31. The number of benzene rings is 2. The van der Waals surface area contributed by atoms with Gasteiger partial charge < -0.3 is 10.5 Å². The molecule has 2 aromatic carbocycles. The van der Waals surface area contributed by atoms with Gasteiger partial charge in [0.15, 0.2) is 0 Å². The third kappa shape index (κ3) is 2.24. The second-order valence-corrected chi connectivity index (χ2v) is 4.98. The Hall–Kier alpha value is -1.80. The highest BCUT2D eigenvalue weighted by Crippen LogP contribution is 2.34. The van der Waals surface area contributed by atoms with Crippen LogP contribution >= 0.6 is 0 Å². The standard InChI is InChI=1S/C17H19NO/c1-2-12-4-3-5-13(8-12)15-9-14-6-7-19-17(14)16(10-15)11-18/h3-5,8-10H,2,6-7,11,18H2,1H3. The van der Waals surface area contributed by atoms with Gasteiger partial charge in [-0.25, -0.2) is 0 Å². The molecule has 19 heavy (non-hydrogen) atoms. The number of nitrogens with two attached hydrogens (primary N) is 1. The summed E-state index contributed by atoms with van der Waals surface area (Å²) in [6.45, 7) is 3.49. The molecule has 0 aromatic heterocycles. The first-order chi connectivity index (χ1) is 9.31. The maximum Gasteiger partial charge on any atom is 0.127 e. The second kappa shape index (κ2) is 5.06. The number of ether oxygens (including phenoxy) is 1. The van der Waals surface area contributed by atoms with Crippen molar-refractivity contribution < 1.29 is 4.74 Å². The van der Waals surface area contributed by atoms with Crippen LogP contribution in [0, 0.1) is 0 Å². The summed E-state index contributed by atoms with van der Waals surface area (Å²) in [4.78, 5) is 0. The van der Waals surface area contributed by atoms with Crippen molar-refractivity contribution >= 4 is 0 Å². The average Bonchev–Trinajstić information content (AvgIpc) is 2.94. The lowest BCUT2D eigenvalue weighted by Crippen LogP contribution is -2.00. The average molecular weight is 253 g/mol. The quantitative estimate of drug-likeness (QED) is 0.910. The molecule has 0 spiro atoms. The van der Waals surface area contributed by atoms with Crippen molar-refractivity contribution in [3.63, 3.8) is 0 Å². The van der Waals surface area contributed by atoms with Crippen molar-refractivity contribution in [3.05, 3.63) is 53.1 Å². The molecular formula is C17H19NO. The Morgan fingerprint density at radius 1 is 1.16 bits per heavy atom. The van der Waals surface area contributed by atoms with Gasteiger partial charge in [-0.05, 0) is 40.8 Å². The fourth-order valence-electron chi connectivity index (χ4n) is 2.68. The summed E-state index contributed by atoms with van der Waals surface area (Å²) in [6, 6.07) is 13.1. The van der Waals surface area contributed by atoms with Crippen LogP contribution in [-0.4, -0.2) is 6.61 Å². The zero-order chi connectivity index (χ0) is 13.2. The van der Waals surface area contributed by atoms with E-state index in [0.29, 0.717) is 6.54 Å². The number of rotatable bonds is 3. The molecule has 0 amide bonds. The van der Waals surface area contributed by atoms with Gasteiger partial charge in [0.25, 0.3) is 0 Å². The van der Waals surface area contributed by atoms with E-state index in [0.717, 1.165) is 30.8 Å². The molecule has 0 bridgehead atoms. The largest absolute Gasteiger partial charge is 0.493 e. The van der Waals surface area contributed by atoms with Gasteiger partial charge in [0.1, 0.15) is 5.75 Å². The van der Waals surface area contributed by atoms with E-state index in [4.69, 9.17) is 10.5 Å². The normalized spacial score (nSPS) is 13.2. The summed E-state index contributed by atoms with van der Waals surface area (Å²) < 4.78 is 5.68. The van der Waals surface area contributed by atoms with E-state index in [1.165, 1.54) is 22.3 Å². The molecule has 1 aliphatic heterocycles. The van der Waals surface area contributed by atoms with Crippen LogP contribution in [0.15, 0.2) is 36.4 Å². The lowest BCUT2D eigenvalue weighted by atomic mass is 9.96. The van der Waals surface area contributed by atoms with Crippen LogP contribution in [0.25, 0.3) is 11.1 Å². The maximum atomic E-state index is 5.85. The molecule has 2 aromatic rings. The molecule has 0 saturated heterocycles. The summed E-state index contributed by atoms with van der Waals surface area (Å²) in [5, 5.41) is 0. The van der Waals surface area contributed by atoms with Gasteiger partial charge in [0.2, 0.25) is 0 Å². The molecule has 2 heteroatoms. The highest BCUT2D eigenvalue weighted by atomic mass is 16.5. The summed E-state index contributed by atoms with van der Waals surface area (Å²) in [5.74, 6) is 1.01. The Kier molecular flexibility index (Phi) is 3.26. The highest BCUT2D eigenvalue weighted by molar-refractivity contribution is 5.68. The maximum absolute atomic E-state index is 5.85. The van der Waals surface area contributed by atoms with Gasteiger partial charge in [0.05, 0.1) is 6.61 Å². The smallest absolute Gasteiger partial charge is 0.127 e. The summed E-state index contributed by atoms with van der Waals surface area (Å²) in [7, 11) is 0. The topological polar surface area (TPSA) is 35.2 Å². The van der Waals surface area contributed by atoms with Crippen LogP contribution < -0.4 is 10.5 Å². The van der Waals surface area contributed by atoms with Gasteiger partial charge >= 0.3 is 0 Å². The zero-order valence-electron chi connectivity index (χ0n) is 11.3. The lowest BCUT2D eigenvalue weighted by molar-refractivity contribution is 0.353. The van der Waals surface area contributed by atoms with E-state index in [2.05, 4.69) is 43.3 Å². The minimum Gasteiger partial charge on any atom is -0.493 e. The van der Waals surface area contributed by atoms with Crippen molar-refractivity contribution in [2.45, 2.75) is 26.3 Å². The van der Waals surface area contributed by atoms with Crippen LogP contribution in [0.3, 0.4) is 0 Å². The molecular weight excluding hydrogens is 234 g/mol. The van der Waals surface area contributed by atoms with E-state index in [9.17, 15) is 0 Å². The van der Waals surface area contributed by atoms with Crippen molar-refractivity contribution in [2.75, 3.05) is 6.61 Å². The van der Waals surface area contributed by atoms with E-state index in [-0.39, 0.29) is 0 Å². The highest BCUT2D eigenvalue weighted by Gasteiger charge is 2.17. The summed E-state index contributed by atoms with van der Waals surface area (Å²) >= 11 is 0. The molecule has 0 saturated carbocycles. The zero-order valence-corrected chi connectivity index (χ0v) is 11.3. The van der Waals surface area contributed by atoms with E-state index >= 15 is 0 Å². The number of fused-ring (bicyclic) bond motifs is 1. The summed E-state index contributed by atoms with van der Waals surface area (Å²) in [6.07, 6.45) is 2.05. The molecule has 0 unspecified atom stereocenters. The SMILES string of the molecule is CCc1cccc(-c2cc(CN)c3c(c2)CCO3)c1. The number of hydrogen-bond acceptors (Lipinski definition) is 2. The molecule has 0 radical (unpaired) electrons. The molecule has 0 fully saturated rings. The molecule has 3 rings (SSSR count). The first-order valence-electron chi connectivity index (χ1n) is 6.89. The molecule has 1 heterocycles. The Balaban J connectivity index is 2.10. The van der Waals surface area contributed by atoms with Crippen molar-refractivity contribution in [3.8, 4) is 16.9 Å². The van der Waals surface area contributed by atoms with Crippen LogP contribution in [0.4, 0.5) is 0 Å². The molecule has 0 aliphatic carbocycles. The molecule has 2 nitrogen and oxygen atoms in total. The molecule has 98 valence electrons. The number of hydrogen-bond donors (Lipinski definition) is 1. The number of aryl methyl sites for hydroxylation is 1. The van der Waals surface area contributed by atoms with Crippen LogP contribution in [0.1, 0.15) is 23.6 Å². The molecule has 2 N–H and O–H groups in total. The van der Waals surface area contributed by atoms with Gasteiger partial charge in [0, 0.05) is 18.5 Å². The Morgan fingerprint density at radius 2 is 2.05 bits per heavy atom. The van der Waals surface area contributed by atoms with E-state index in [1.807, 2.05) is 0 Å². The summed E-state index contributed by atoms with van der Waals surface area (Å²) in [5.41, 5.74) is 12.1. The van der Waals surface area contributed by atoms with Gasteiger partial charge in [-0.1, -0.05) is 31.2 Å². The van der Waals surface area contributed by atoms with Crippen LogP contribution in [-0.2, 0) is 19.4 Å². The van der Waals surface area contributed by atoms with Crippen molar-refractivity contribution in [2.24, 2.45) is 5.73 Å².